The molecule has 110 valence electrons. The summed E-state index contributed by atoms with van der Waals surface area (Å²) in [6.07, 6.45) is 3.32. The van der Waals surface area contributed by atoms with Crippen molar-refractivity contribution in [3.63, 3.8) is 0 Å². The number of halogens is 1. The topological polar surface area (TPSA) is 43.4 Å². The molecule has 1 aromatic carbocycles. The minimum Gasteiger partial charge on any atom is -0.491 e. The highest BCUT2D eigenvalue weighted by atomic mass is 35.5. The van der Waals surface area contributed by atoms with Gasteiger partial charge in [-0.3, -0.25) is 4.98 Å². The van der Waals surface area contributed by atoms with Crippen LogP contribution in [0.3, 0.4) is 0 Å². The Morgan fingerprint density at radius 2 is 2.33 bits per heavy atom. The number of nitrogens with zero attached hydrogens (tertiary/aromatic N) is 1. The number of likely N-dealkylation sites (N-methyl/N-ethyl adjacent to an activating group) is 1. The fourth-order valence-electron chi connectivity index (χ4n) is 2.38. The Hall–Kier alpha value is -1.78. The molecule has 1 atom stereocenters. The van der Waals surface area contributed by atoms with E-state index < -0.39 is 0 Å². The third-order valence-corrected chi connectivity index (χ3v) is 3.81. The Morgan fingerprint density at radius 3 is 3.14 bits per heavy atom. The molecule has 0 saturated heterocycles. The number of nitrogens with one attached hydrogen (secondary N) is 1. The fraction of sp³-hybridized carbons (Fsp3) is 0.312. The monoisotopic (exact) mass is 304 g/mol. The highest BCUT2D eigenvalue weighted by molar-refractivity contribution is 6.31. The number of pyridine rings is 1. The van der Waals surface area contributed by atoms with Gasteiger partial charge in [-0.15, -0.1) is 0 Å². The maximum absolute atomic E-state index is 6.06. The van der Waals surface area contributed by atoms with Gasteiger partial charge < -0.3 is 14.8 Å². The largest absolute Gasteiger partial charge is 0.491 e. The molecule has 0 saturated carbocycles. The summed E-state index contributed by atoms with van der Waals surface area (Å²) in [7, 11) is 0. The minimum atomic E-state index is 0.272. The SMILES string of the molecule is CCNC1COc2cc(OCc3ccncc3Cl)ccc21. The third kappa shape index (κ3) is 3.12. The molecule has 0 fully saturated rings. The van der Waals surface area contributed by atoms with Gasteiger partial charge in [-0.2, -0.15) is 0 Å². The normalized spacial score (nSPS) is 16.4. The standard InChI is InChI=1S/C16H17ClN2O2/c1-2-19-15-10-21-16-7-12(3-4-13(15)16)20-9-11-5-6-18-8-14(11)17/h3-8,15,19H,2,9-10H2,1H3. The number of aromatic nitrogens is 1. The molecule has 0 amide bonds. The van der Waals surface area contributed by atoms with Crippen molar-refractivity contribution in [3.05, 3.63) is 52.8 Å². The lowest BCUT2D eigenvalue weighted by molar-refractivity contribution is 0.297. The molecular formula is C16H17ClN2O2. The summed E-state index contributed by atoms with van der Waals surface area (Å²) < 4.78 is 11.5. The second kappa shape index (κ2) is 6.33. The number of fused-ring (bicyclic) bond motifs is 1. The lowest BCUT2D eigenvalue weighted by Gasteiger charge is -2.10. The Morgan fingerprint density at radius 1 is 1.43 bits per heavy atom. The van der Waals surface area contributed by atoms with Crippen LogP contribution in [-0.2, 0) is 6.61 Å². The van der Waals surface area contributed by atoms with E-state index in [-0.39, 0.29) is 6.04 Å². The zero-order valence-electron chi connectivity index (χ0n) is 11.8. The van der Waals surface area contributed by atoms with Gasteiger partial charge in [-0.05, 0) is 24.7 Å². The van der Waals surface area contributed by atoms with Gasteiger partial charge in [0.15, 0.2) is 0 Å². The van der Waals surface area contributed by atoms with Gasteiger partial charge in [0.05, 0.1) is 11.1 Å². The van der Waals surface area contributed by atoms with E-state index in [2.05, 4.69) is 23.3 Å². The first-order valence-corrected chi connectivity index (χ1v) is 7.37. The van der Waals surface area contributed by atoms with Crippen molar-refractivity contribution in [3.8, 4) is 11.5 Å². The lowest BCUT2D eigenvalue weighted by Crippen LogP contribution is -2.21. The van der Waals surface area contributed by atoms with Crippen molar-refractivity contribution in [2.75, 3.05) is 13.2 Å². The molecule has 21 heavy (non-hydrogen) atoms. The van der Waals surface area contributed by atoms with E-state index in [1.807, 2.05) is 18.2 Å². The number of benzene rings is 1. The van der Waals surface area contributed by atoms with Gasteiger partial charge in [0.25, 0.3) is 0 Å². The zero-order valence-corrected chi connectivity index (χ0v) is 12.6. The first-order chi connectivity index (χ1) is 10.3. The highest BCUT2D eigenvalue weighted by Gasteiger charge is 2.23. The van der Waals surface area contributed by atoms with Crippen LogP contribution in [0.25, 0.3) is 0 Å². The van der Waals surface area contributed by atoms with Crippen LogP contribution in [0.5, 0.6) is 11.5 Å². The number of hydrogen-bond donors (Lipinski definition) is 1. The molecule has 1 unspecified atom stereocenters. The fourth-order valence-corrected chi connectivity index (χ4v) is 2.55. The molecule has 0 spiro atoms. The molecule has 2 heterocycles. The van der Waals surface area contributed by atoms with Crippen LogP contribution in [0, 0.1) is 0 Å². The predicted octanol–water partition coefficient (Wildman–Crippen LogP) is 3.36. The summed E-state index contributed by atoms with van der Waals surface area (Å²) in [6, 6.07) is 8.08. The van der Waals surface area contributed by atoms with Crippen LogP contribution < -0.4 is 14.8 Å². The Bertz CT molecular complexity index is 633. The van der Waals surface area contributed by atoms with E-state index in [4.69, 9.17) is 21.1 Å². The number of hydrogen-bond acceptors (Lipinski definition) is 4. The maximum atomic E-state index is 6.06. The zero-order chi connectivity index (χ0) is 14.7. The molecule has 1 aromatic heterocycles. The number of rotatable bonds is 5. The van der Waals surface area contributed by atoms with Crippen molar-refractivity contribution in [2.45, 2.75) is 19.6 Å². The third-order valence-electron chi connectivity index (χ3n) is 3.47. The average molecular weight is 305 g/mol. The molecule has 1 N–H and O–H groups in total. The summed E-state index contributed by atoms with van der Waals surface area (Å²) in [6.45, 7) is 4.10. The van der Waals surface area contributed by atoms with Crippen LogP contribution in [0.15, 0.2) is 36.7 Å². The molecule has 0 radical (unpaired) electrons. The molecule has 1 aliphatic heterocycles. The van der Waals surface area contributed by atoms with Gasteiger partial charge in [0.1, 0.15) is 24.7 Å². The van der Waals surface area contributed by atoms with Crippen molar-refractivity contribution < 1.29 is 9.47 Å². The molecule has 0 bridgehead atoms. The predicted molar refractivity (Wildman–Crippen MR) is 81.9 cm³/mol. The molecule has 1 aliphatic rings. The maximum Gasteiger partial charge on any atom is 0.128 e. The quantitative estimate of drug-likeness (QED) is 0.920. The smallest absolute Gasteiger partial charge is 0.128 e. The van der Waals surface area contributed by atoms with E-state index in [1.54, 1.807) is 12.4 Å². The second-order valence-corrected chi connectivity index (χ2v) is 5.28. The van der Waals surface area contributed by atoms with Crippen LogP contribution in [0.1, 0.15) is 24.1 Å². The van der Waals surface area contributed by atoms with Crippen LogP contribution in [0.2, 0.25) is 5.02 Å². The Labute approximate surface area is 129 Å². The molecule has 4 nitrogen and oxygen atoms in total. The van der Waals surface area contributed by atoms with Gasteiger partial charge >= 0.3 is 0 Å². The summed E-state index contributed by atoms with van der Waals surface area (Å²) in [4.78, 5) is 3.96. The van der Waals surface area contributed by atoms with Gasteiger partial charge in [0.2, 0.25) is 0 Å². The van der Waals surface area contributed by atoms with Crippen molar-refractivity contribution in [1.82, 2.24) is 10.3 Å². The van der Waals surface area contributed by atoms with Crippen molar-refractivity contribution in [1.29, 1.82) is 0 Å². The van der Waals surface area contributed by atoms with Crippen molar-refractivity contribution >= 4 is 11.6 Å². The molecule has 0 aliphatic carbocycles. The van der Waals surface area contributed by atoms with Gasteiger partial charge in [-0.1, -0.05) is 18.5 Å². The van der Waals surface area contributed by atoms with Crippen molar-refractivity contribution in [2.24, 2.45) is 0 Å². The summed E-state index contributed by atoms with van der Waals surface area (Å²) in [5.74, 6) is 1.66. The van der Waals surface area contributed by atoms with Crippen LogP contribution in [-0.4, -0.2) is 18.1 Å². The summed E-state index contributed by atoms with van der Waals surface area (Å²) in [5, 5.41) is 4.01. The number of ether oxygens (including phenoxy) is 2. The van der Waals surface area contributed by atoms with E-state index in [0.717, 1.165) is 23.6 Å². The molecular weight excluding hydrogens is 288 g/mol. The van der Waals surface area contributed by atoms with E-state index in [9.17, 15) is 0 Å². The van der Waals surface area contributed by atoms with E-state index in [1.165, 1.54) is 5.56 Å². The Balaban J connectivity index is 1.69. The molecule has 5 heteroatoms. The molecule has 3 rings (SSSR count). The van der Waals surface area contributed by atoms with Crippen LogP contribution in [0.4, 0.5) is 0 Å². The molecule has 2 aromatic rings. The Kier molecular flexibility index (Phi) is 4.27. The average Bonchev–Trinajstić information content (AvgIpc) is 2.89. The minimum absolute atomic E-state index is 0.272. The first-order valence-electron chi connectivity index (χ1n) is 6.99. The summed E-state index contributed by atoms with van der Waals surface area (Å²) >= 11 is 6.06. The van der Waals surface area contributed by atoms with Crippen LogP contribution >= 0.6 is 11.6 Å². The van der Waals surface area contributed by atoms with E-state index in [0.29, 0.717) is 18.2 Å². The second-order valence-electron chi connectivity index (χ2n) is 4.88. The first kappa shape index (κ1) is 14.2. The summed E-state index contributed by atoms with van der Waals surface area (Å²) in [5.41, 5.74) is 2.10. The van der Waals surface area contributed by atoms with Gasteiger partial charge in [0, 0.05) is 29.6 Å². The lowest BCUT2D eigenvalue weighted by atomic mass is 10.1. The van der Waals surface area contributed by atoms with E-state index >= 15 is 0 Å². The highest BCUT2D eigenvalue weighted by Crippen LogP contribution is 2.35. The van der Waals surface area contributed by atoms with Gasteiger partial charge in [-0.25, -0.2) is 0 Å².